The molecule has 1 aromatic carbocycles. The molecule has 13 nitrogen and oxygen atoms in total. The molecule has 0 saturated carbocycles. The van der Waals surface area contributed by atoms with Crippen LogP contribution < -0.4 is 21.3 Å². The van der Waals surface area contributed by atoms with Crippen molar-refractivity contribution < 1.29 is 33.9 Å². The van der Waals surface area contributed by atoms with Crippen LogP contribution in [0.4, 0.5) is 0 Å². The quantitative estimate of drug-likeness (QED) is 0.246. The van der Waals surface area contributed by atoms with Crippen molar-refractivity contribution in [2.75, 3.05) is 13.6 Å². The van der Waals surface area contributed by atoms with Crippen molar-refractivity contribution in [1.82, 2.24) is 31.1 Å². The van der Waals surface area contributed by atoms with Crippen molar-refractivity contribution in [2.45, 2.75) is 137 Å². The number of nitrogens with one attached hydrogen (secondary N) is 4. The van der Waals surface area contributed by atoms with Gasteiger partial charge in [-0.3, -0.25) is 28.8 Å². The summed E-state index contributed by atoms with van der Waals surface area (Å²) in [6, 6.07) is 0.375. The monoisotopic (exact) mass is 726 g/mol. The third-order valence-corrected chi connectivity index (χ3v) is 9.64. The van der Waals surface area contributed by atoms with Gasteiger partial charge in [-0.1, -0.05) is 67.5 Å². The number of hydrogen-bond donors (Lipinski definition) is 5. The topological polar surface area (TPSA) is 177 Å². The molecule has 0 aliphatic carbocycles. The Morgan fingerprint density at radius 1 is 0.615 bits per heavy atom. The summed E-state index contributed by atoms with van der Waals surface area (Å²) in [5.74, 6) is -2.87. The fourth-order valence-electron chi connectivity index (χ4n) is 7.04. The average molecular weight is 727 g/mol. The number of aromatic hydroxyl groups is 1. The Bertz CT molecular complexity index is 1410. The number of phenols is 1. The number of fused-ring (bicyclic) bond motifs is 1. The molecule has 3 rings (SSSR count). The fraction of sp³-hybridized carbons (Fsp3) is 0.692. The SMILES string of the molecule is CC(C)C[C@@H]1NC(=O)[C@@H](CC(C)C)N(C)C(=O)[C@H](CC(C)C)NC(=O)[C@H](Cc2ccc(O)cc2)NC(=O)[C@@H]2CCCN2C(=O)[C@H](CC(C)C)NC1=O. The van der Waals surface area contributed by atoms with Gasteiger partial charge in [-0.2, -0.15) is 0 Å². The van der Waals surface area contributed by atoms with Crippen LogP contribution in [0.2, 0.25) is 0 Å². The summed E-state index contributed by atoms with van der Waals surface area (Å²) in [7, 11) is 1.53. The summed E-state index contributed by atoms with van der Waals surface area (Å²) in [6.45, 7) is 15.8. The number of hydrogen-bond acceptors (Lipinski definition) is 7. The van der Waals surface area contributed by atoms with Gasteiger partial charge in [-0.15, -0.1) is 0 Å². The van der Waals surface area contributed by atoms with Gasteiger partial charge in [0.05, 0.1) is 0 Å². The van der Waals surface area contributed by atoms with E-state index >= 15 is 0 Å². The zero-order valence-corrected chi connectivity index (χ0v) is 32.5. The molecule has 0 radical (unpaired) electrons. The number of rotatable bonds is 10. The molecule has 0 unspecified atom stereocenters. The molecule has 290 valence electrons. The molecule has 5 N–H and O–H groups in total. The van der Waals surface area contributed by atoms with Gasteiger partial charge in [-0.25, -0.2) is 0 Å². The van der Waals surface area contributed by atoms with Gasteiger partial charge >= 0.3 is 0 Å². The van der Waals surface area contributed by atoms with Crippen molar-refractivity contribution in [3.05, 3.63) is 29.8 Å². The molecule has 2 aliphatic rings. The first-order valence-corrected chi connectivity index (χ1v) is 18.9. The second kappa shape index (κ2) is 19.1. The number of likely N-dealkylation sites (N-methyl/N-ethyl adjacent to an activating group) is 1. The van der Waals surface area contributed by atoms with Crippen LogP contribution in [0.1, 0.15) is 99.5 Å². The second-order valence-corrected chi connectivity index (χ2v) is 16.3. The normalized spacial score (nSPS) is 25.9. The fourth-order valence-corrected chi connectivity index (χ4v) is 7.04. The lowest BCUT2D eigenvalue weighted by atomic mass is 9.96. The molecule has 13 heteroatoms. The molecule has 2 saturated heterocycles. The van der Waals surface area contributed by atoms with Crippen molar-refractivity contribution in [2.24, 2.45) is 23.7 Å². The lowest BCUT2D eigenvalue weighted by molar-refractivity contribution is -0.145. The number of carbonyl (C=O) groups excluding carboxylic acids is 6. The Morgan fingerprint density at radius 3 is 1.62 bits per heavy atom. The minimum absolute atomic E-state index is 0.00530. The summed E-state index contributed by atoms with van der Waals surface area (Å²) < 4.78 is 0. The smallest absolute Gasteiger partial charge is 0.245 e. The third-order valence-electron chi connectivity index (χ3n) is 9.64. The van der Waals surface area contributed by atoms with E-state index in [1.807, 2.05) is 55.4 Å². The summed E-state index contributed by atoms with van der Waals surface area (Å²) >= 11 is 0. The van der Waals surface area contributed by atoms with Gasteiger partial charge in [0.1, 0.15) is 42.0 Å². The highest BCUT2D eigenvalue weighted by atomic mass is 16.3. The van der Waals surface area contributed by atoms with Crippen LogP contribution in [-0.4, -0.2) is 100 Å². The predicted octanol–water partition coefficient (Wildman–Crippen LogP) is 2.89. The number of carbonyl (C=O) groups is 6. The third kappa shape index (κ3) is 11.9. The van der Waals surface area contributed by atoms with Crippen molar-refractivity contribution in [3.63, 3.8) is 0 Å². The summed E-state index contributed by atoms with van der Waals surface area (Å²) in [5.41, 5.74) is 0.660. The van der Waals surface area contributed by atoms with E-state index in [2.05, 4.69) is 21.3 Å². The molecule has 0 spiro atoms. The number of amides is 6. The minimum Gasteiger partial charge on any atom is -0.508 e. The molecule has 0 aromatic heterocycles. The van der Waals surface area contributed by atoms with Gasteiger partial charge < -0.3 is 36.2 Å². The minimum atomic E-state index is -1.13. The van der Waals surface area contributed by atoms with Gasteiger partial charge in [0.2, 0.25) is 35.4 Å². The molecule has 6 amide bonds. The standard InChI is InChI=1S/C39H62N6O7/c1-22(2)17-28-34(47)43-31(19-24(5)6)39(52)45-16-10-11-32(45)36(49)41-29(21-26-12-14-27(46)15-13-26)35(48)42-30(18-23(3)4)38(51)44(9)33(20-25(7)8)37(50)40-28/h12-15,22-25,28-33,46H,10-11,16-21H2,1-9H3,(H,40,50)(H,41,49)(H,42,48)(H,43,47)/t28-,29-,30-,31-,32-,33+/m0/s1. The van der Waals surface area contributed by atoms with E-state index in [4.69, 9.17) is 0 Å². The molecular weight excluding hydrogens is 664 g/mol. The van der Waals surface area contributed by atoms with Crippen LogP contribution in [0, 0.1) is 23.7 Å². The van der Waals surface area contributed by atoms with Crippen LogP contribution >= 0.6 is 0 Å². The van der Waals surface area contributed by atoms with E-state index < -0.39 is 71.7 Å². The van der Waals surface area contributed by atoms with Crippen molar-refractivity contribution >= 4 is 35.4 Å². The molecule has 2 heterocycles. The van der Waals surface area contributed by atoms with Crippen LogP contribution in [-0.2, 0) is 35.2 Å². The van der Waals surface area contributed by atoms with E-state index in [0.717, 1.165) is 0 Å². The maximum atomic E-state index is 14.3. The summed E-state index contributed by atoms with van der Waals surface area (Å²) in [6.07, 6.45) is 2.17. The lowest BCUT2D eigenvalue weighted by Gasteiger charge is -2.35. The Kier molecular flexibility index (Phi) is 15.5. The highest BCUT2D eigenvalue weighted by molar-refractivity contribution is 5.98. The first-order valence-electron chi connectivity index (χ1n) is 18.9. The van der Waals surface area contributed by atoms with Gasteiger partial charge in [-0.05, 0) is 79.9 Å². The van der Waals surface area contributed by atoms with E-state index in [9.17, 15) is 33.9 Å². The largest absolute Gasteiger partial charge is 0.508 e. The first-order chi connectivity index (χ1) is 24.4. The van der Waals surface area contributed by atoms with Gasteiger partial charge in [0, 0.05) is 20.0 Å². The van der Waals surface area contributed by atoms with E-state index in [-0.39, 0.29) is 42.3 Å². The Hall–Kier alpha value is -4.16. The summed E-state index contributed by atoms with van der Waals surface area (Å²) in [4.78, 5) is 87.6. The number of nitrogens with zero attached hydrogens (tertiary/aromatic N) is 2. The van der Waals surface area contributed by atoms with Crippen LogP contribution in [0.3, 0.4) is 0 Å². The Labute approximate surface area is 309 Å². The molecule has 2 fully saturated rings. The predicted molar refractivity (Wildman–Crippen MR) is 199 cm³/mol. The number of benzene rings is 1. The van der Waals surface area contributed by atoms with Crippen LogP contribution in [0.15, 0.2) is 24.3 Å². The zero-order chi connectivity index (χ0) is 38.9. The van der Waals surface area contributed by atoms with Gasteiger partial charge in [0.15, 0.2) is 0 Å². The number of phenolic OH excluding ortho intramolecular Hbond substituents is 1. The second-order valence-electron chi connectivity index (χ2n) is 16.3. The van der Waals surface area contributed by atoms with E-state index in [1.165, 1.54) is 29.0 Å². The maximum absolute atomic E-state index is 14.3. The molecule has 2 aliphatic heterocycles. The lowest BCUT2D eigenvalue weighted by Crippen LogP contribution is -2.62. The zero-order valence-electron chi connectivity index (χ0n) is 32.5. The van der Waals surface area contributed by atoms with E-state index in [1.54, 1.807) is 12.1 Å². The molecular formula is C39H62N6O7. The molecule has 0 bridgehead atoms. The van der Waals surface area contributed by atoms with Crippen LogP contribution in [0.5, 0.6) is 5.75 Å². The maximum Gasteiger partial charge on any atom is 0.245 e. The van der Waals surface area contributed by atoms with Crippen molar-refractivity contribution in [3.8, 4) is 5.75 Å². The molecule has 1 aromatic rings. The summed E-state index contributed by atoms with van der Waals surface area (Å²) in [5, 5.41) is 21.5. The molecule has 6 atom stereocenters. The highest BCUT2D eigenvalue weighted by Crippen LogP contribution is 2.23. The Balaban J connectivity index is 2.15. The van der Waals surface area contributed by atoms with Gasteiger partial charge in [0.25, 0.3) is 0 Å². The molecule has 52 heavy (non-hydrogen) atoms. The van der Waals surface area contributed by atoms with Crippen molar-refractivity contribution in [1.29, 1.82) is 0 Å². The first kappa shape index (κ1) is 42.3. The van der Waals surface area contributed by atoms with E-state index in [0.29, 0.717) is 44.2 Å². The average Bonchev–Trinajstić information content (AvgIpc) is 3.55. The van der Waals surface area contributed by atoms with Crippen LogP contribution in [0.25, 0.3) is 0 Å². The Morgan fingerprint density at radius 2 is 1.08 bits per heavy atom. The highest BCUT2D eigenvalue weighted by Gasteiger charge is 2.41.